The lowest BCUT2D eigenvalue weighted by molar-refractivity contribution is 0.579. The van der Waals surface area contributed by atoms with Crippen LogP contribution in [0.2, 0.25) is 0 Å². The number of aromatic nitrogens is 1. The maximum Gasteiger partial charge on any atom is 0.241 e. The fourth-order valence-electron chi connectivity index (χ4n) is 1.45. The minimum Gasteiger partial charge on any atom is -0.265 e. The average molecular weight is 345 g/mol. The van der Waals surface area contributed by atoms with E-state index in [0.717, 1.165) is 17.7 Å². The number of nitrogens with zero attached hydrogens (tertiary/aromatic N) is 1. The van der Waals surface area contributed by atoms with E-state index in [1.54, 1.807) is 24.5 Å². The van der Waals surface area contributed by atoms with E-state index in [1.807, 2.05) is 0 Å². The van der Waals surface area contributed by atoms with Gasteiger partial charge in [-0.2, -0.15) is 0 Å². The van der Waals surface area contributed by atoms with Crippen molar-refractivity contribution in [2.75, 3.05) is 0 Å². The number of pyridine rings is 1. The molecule has 0 aliphatic heterocycles. The maximum absolute atomic E-state index is 12.9. The molecule has 7 heteroatoms. The molecular formula is C12H10BrFN2O2S. The highest BCUT2D eigenvalue weighted by atomic mass is 79.9. The van der Waals surface area contributed by atoms with Gasteiger partial charge in [0.1, 0.15) is 5.82 Å². The van der Waals surface area contributed by atoms with Crippen molar-refractivity contribution in [2.45, 2.75) is 11.4 Å². The van der Waals surface area contributed by atoms with Gasteiger partial charge in [-0.25, -0.2) is 17.5 Å². The molecular weight excluding hydrogens is 335 g/mol. The van der Waals surface area contributed by atoms with Gasteiger partial charge in [0.2, 0.25) is 10.0 Å². The second-order valence-corrected chi connectivity index (χ2v) is 6.34. The molecule has 100 valence electrons. The van der Waals surface area contributed by atoms with Gasteiger partial charge in [-0.15, -0.1) is 0 Å². The van der Waals surface area contributed by atoms with Crippen molar-refractivity contribution in [3.63, 3.8) is 0 Å². The van der Waals surface area contributed by atoms with Crippen LogP contribution in [0.1, 0.15) is 5.56 Å². The molecule has 1 N–H and O–H groups in total. The van der Waals surface area contributed by atoms with Gasteiger partial charge in [-0.3, -0.25) is 4.98 Å². The smallest absolute Gasteiger partial charge is 0.241 e. The first-order valence-corrected chi connectivity index (χ1v) is 7.60. The third-order valence-corrected chi connectivity index (χ3v) is 4.78. The van der Waals surface area contributed by atoms with Crippen molar-refractivity contribution < 1.29 is 12.8 Å². The Kier molecular flexibility index (Phi) is 4.28. The quantitative estimate of drug-likeness (QED) is 0.926. The highest BCUT2D eigenvalue weighted by molar-refractivity contribution is 9.10. The minimum atomic E-state index is -3.69. The van der Waals surface area contributed by atoms with Crippen LogP contribution in [0.25, 0.3) is 0 Å². The first-order valence-electron chi connectivity index (χ1n) is 5.33. The second kappa shape index (κ2) is 5.77. The summed E-state index contributed by atoms with van der Waals surface area (Å²) in [5, 5.41) is 0. The fourth-order valence-corrected chi connectivity index (χ4v) is 3.52. The van der Waals surface area contributed by atoms with Crippen LogP contribution in [0, 0.1) is 5.82 Å². The van der Waals surface area contributed by atoms with Crippen molar-refractivity contribution in [1.82, 2.24) is 9.71 Å². The molecule has 0 bridgehead atoms. The number of benzene rings is 1. The van der Waals surface area contributed by atoms with Crippen molar-refractivity contribution in [1.29, 1.82) is 0 Å². The van der Waals surface area contributed by atoms with Gasteiger partial charge < -0.3 is 0 Å². The molecule has 2 aromatic rings. The predicted octanol–water partition coefficient (Wildman–Crippen LogP) is 2.46. The molecule has 0 amide bonds. The topological polar surface area (TPSA) is 59.1 Å². The Bertz CT molecular complexity index is 677. The van der Waals surface area contributed by atoms with Crippen molar-refractivity contribution in [2.24, 2.45) is 0 Å². The van der Waals surface area contributed by atoms with E-state index in [1.165, 1.54) is 6.07 Å². The summed E-state index contributed by atoms with van der Waals surface area (Å²) in [4.78, 5) is 3.85. The molecule has 0 saturated carbocycles. The van der Waals surface area contributed by atoms with Crippen LogP contribution in [-0.4, -0.2) is 13.4 Å². The van der Waals surface area contributed by atoms with Gasteiger partial charge in [0.25, 0.3) is 0 Å². The lowest BCUT2D eigenvalue weighted by Gasteiger charge is -2.08. The van der Waals surface area contributed by atoms with Crippen LogP contribution in [0.5, 0.6) is 0 Å². The van der Waals surface area contributed by atoms with Gasteiger partial charge in [0, 0.05) is 23.4 Å². The zero-order valence-electron chi connectivity index (χ0n) is 9.68. The molecule has 0 aliphatic carbocycles. The van der Waals surface area contributed by atoms with E-state index >= 15 is 0 Å². The Morgan fingerprint density at radius 3 is 2.53 bits per heavy atom. The van der Waals surface area contributed by atoms with Gasteiger partial charge in [-0.1, -0.05) is 0 Å². The van der Waals surface area contributed by atoms with E-state index in [2.05, 4.69) is 25.6 Å². The van der Waals surface area contributed by atoms with Crippen LogP contribution in [0.15, 0.2) is 52.1 Å². The van der Waals surface area contributed by atoms with Crippen molar-refractivity contribution >= 4 is 26.0 Å². The molecule has 4 nitrogen and oxygen atoms in total. The van der Waals surface area contributed by atoms with Gasteiger partial charge >= 0.3 is 0 Å². The molecule has 2 rings (SSSR count). The summed E-state index contributed by atoms with van der Waals surface area (Å²) in [6.07, 6.45) is 3.16. The molecule has 0 unspecified atom stereocenters. The third kappa shape index (κ3) is 3.59. The fraction of sp³-hybridized carbons (Fsp3) is 0.0833. The minimum absolute atomic E-state index is 0.00274. The molecule has 0 saturated heterocycles. The van der Waals surface area contributed by atoms with E-state index in [9.17, 15) is 12.8 Å². The molecule has 1 aromatic carbocycles. The Morgan fingerprint density at radius 2 is 1.89 bits per heavy atom. The highest BCUT2D eigenvalue weighted by Gasteiger charge is 2.17. The third-order valence-electron chi connectivity index (χ3n) is 2.40. The zero-order chi connectivity index (χ0) is 13.9. The molecule has 1 heterocycles. The standard InChI is InChI=1S/C12H10BrFN2O2S/c13-11-7-10(14)1-2-12(11)19(17,18)16-8-9-3-5-15-6-4-9/h1-7,16H,8H2. The summed E-state index contributed by atoms with van der Waals surface area (Å²) in [6.45, 7) is 0.147. The highest BCUT2D eigenvalue weighted by Crippen LogP contribution is 2.22. The van der Waals surface area contributed by atoms with Gasteiger partial charge in [0.05, 0.1) is 4.90 Å². The number of rotatable bonds is 4. The van der Waals surface area contributed by atoms with Crippen LogP contribution < -0.4 is 4.72 Å². The van der Waals surface area contributed by atoms with Gasteiger partial charge in [0.15, 0.2) is 0 Å². The molecule has 0 aliphatic rings. The Hall–Kier alpha value is -1.31. The van der Waals surface area contributed by atoms with Crippen LogP contribution >= 0.6 is 15.9 Å². The van der Waals surface area contributed by atoms with E-state index in [4.69, 9.17) is 0 Å². The Balaban J connectivity index is 2.19. The lowest BCUT2D eigenvalue weighted by atomic mass is 10.3. The maximum atomic E-state index is 12.9. The predicted molar refractivity (Wildman–Crippen MR) is 72.4 cm³/mol. The normalized spacial score (nSPS) is 11.5. The van der Waals surface area contributed by atoms with Crippen molar-refractivity contribution in [3.05, 3.63) is 58.6 Å². The van der Waals surface area contributed by atoms with Crippen LogP contribution in [0.3, 0.4) is 0 Å². The molecule has 1 aromatic heterocycles. The van der Waals surface area contributed by atoms with E-state index in [0.29, 0.717) is 0 Å². The summed E-state index contributed by atoms with van der Waals surface area (Å²) in [5.41, 5.74) is 0.789. The molecule has 0 radical (unpaired) electrons. The second-order valence-electron chi connectivity index (χ2n) is 3.75. The van der Waals surface area contributed by atoms with Crippen LogP contribution in [0.4, 0.5) is 4.39 Å². The molecule has 0 fully saturated rings. The van der Waals surface area contributed by atoms with Crippen molar-refractivity contribution in [3.8, 4) is 0 Å². The monoisotopic (exact) mass is 344 g/mol. The summed E-state index contributed by atoms with van der Waals surface area (Å²) in [7, 11) is -3.69. The number of hydrogen-bond donors (Lipinski definition) is 1. The zero-order valence-corrected chi connectivity index (χ0v) is 12.1. The van der Waals surface area contributed by atoms with E-state index < -0.39 is 15.8 Å². The first-order chi connectivity index (χ1) is 8.99. The lowest BCUT2D eigenvalue weighted by Crippen LogP contribution is -2.23. The SMILES string of the molecule is O=S(=O)(NCc1ccncc1)c1ccc(F)cc1Br. The number of hydrogen-bond acceptors (Lipinski definition) is 3. The molecule has 19 heavy (non-hydrogen) atoms. The molecule has 0 spiro atoms. The summed E-state index contributed by atoms with van der Waals surface area (Å²) in [6, 6.07) is 6.85. The molecule has 0 atom stereocenters. The Labute approximate surface area is 118 Å². The first kappa shape index (κ1) is 14.1. The van der Waals surface area contributed by atoms with E-state index in [-0.39, 0.29) is 15.9 Å². The Morgan fingerprint density at radius 1 is 1.21 bits per heavy atom. The summed E-state index contributed by atoms with van der Waals surface area (Å²) < 4.78 is 39.7. The average Bonchev–Trinajstić information content (AvgIpc) is 2.37. The number of halogens is 2. The number of sulfonamides is 1. The summed E-state index contributed by atoms with van der Waals surface area (Å²) >= 11 is 3.04. The van der Waals surface area contributed by atoms with Gasteiger partial charge in [-0.05, 0) is 51.8 Å². The summed E-state index contributed by atoms with van der Waals surface area (Å²) in [5.74, 6) is -0.500. The largest absolute Gasteiger partial charge is 0.265 e. The number of nitrogens with one attached hydrogen (secondary N) is 1. The van der Waals surface area contributed by atoms with Crippen LogP contribution in [-0.2, 0) is 16.6 Å².